The van der Waals surface area contributed by atoms with Crippen LogP contribution in [0.5, 0.6) is 0 Å². The van der Waals surface area contributed by atoms with E-state index in [0.717, 1.165) is 11.1 Å². The summed E-state index contributed by atoms with van der Waals surface area (Å²) in [5.74, 6) is 0.0110. The zero-order valence-corrected chi connectivity index (χ0v) is 9.06. The molecule has 1 rings (SSSR count). The van der Waals surface area contributed by atoms with Crippen molar-refractivity contribution in [2.24, 2.45) is 0 Å². The van der Waals surface area contributed by atoms with Crippen LogP contribution >= 0.6 is 0 Å². The zero-order valence-electron chi connectivity index (χ0n) is 9.06. The molecule has 3 heteroatoms. The van der Waals surface area contributed by atoms with E-state index in [2.05, 4.69) is 6.58 Å². The smallest absolute Gasteiger partial charge is 0.258 e. The SMILES string of the molecule is C=CC(C)c1cccc(CC)c1[N+](=O)[O-]. The molecular formula is C12H15NO2. The van der Waals surface area contributed by atoms with Crippen molar-refractivity contribution >= 4 is 5.69 Å². The maximum atomic E-state index is 11.0. The summed E-state index contributed by atoms with van der Waals surface area (Å²) in [6.07, 6.45) is 2.40. The average Bonchev–Trinajstić information content (AvgIpc) is 2.26. The van der Waals surface area contributed by atoms with Gasteiger partial charge in [-0.15, -0.1) is 6.58 Å². The molecule has 0 aliphatic heterocycles. The number of aryl methyl sites for hydroxylation is 1. The normalized spacial score (nSPS) is 12.1. The second-order valence-electron chi connectivity index (χ2n) is 3.49. The van der Waals surface area contributed by atoms with Crippen LogP contribution in [0.3, 0.4) is 0 Å². The molecule has 0 aliphatic rings. The fourth-order valence-electron chi connectivity index (χ4n) is 1.61. The number of nitro groups is 1. The highest BCUT2D eigenvalue weighted by atomic mass is 16.6. The summed E-state index contributed by atoms with van der Waals surface area (Å²) in [5.41, 5.74) is 1.77. The van der Waals surface area contributed by atoms with Crippen molar-refractivity contribution in [1.29, 1.82) is 0 Å². The van der Waals surface area contributed by atoms with Crippen LogP contribution in [0.2, 0.25) is 0 Å². The lowest BCUT2D eigenvalue weighted by Crippen LogP contribution is -2.01. The molecule has 0 N–H and O–H groups in total. The summed E-state index contributed by atoms with van der Waals surface area (Å²) < 4.78 is 0. The van der Waals surface area contributed by atoms with Crippen LogP contribution in [0, 0.1) is 10.1 Å². The van der Waals surface area contributed by atoms with Gasteiger partial charge in [0.05, 0.1) is 4.92 Å². The quantitative estimate of drug-likeness (QED) is 0.429. The predicted molar refractivity (Wildman–Crippen MR) is 61.1 cm³/mol. The summed E-state index contributed by atoms with van der Waals surface area (Å²) in [6.45, 7) is 7.50. The second-order valence-corrected chi connectivity index (χ2v) is 3.49. The Kier molecular flexibility index (Phi) is 3.61. The molecule has 0 spiro atoms. The fourth-order valence-corrected chi connectivity index (χ4v) is 1.61. The van der Waals surface area contributed by atoms with Crippen LogP contribution in [0.1, 0.15) is 30.9 Å². The first-order chi connectivity index (χ1) is 7.11. The third-order valence-electron chi connectivity index (χ3n) is 2.56. The second kappa shape index (κ2) is 4.73. The third-order valence-corrected chi connectivity index (χ3v) is 2.56. The number of hydrogen-bond acceptors (Lipinski definition) is 2. The van der Waals surface area contributed by atoms with Crippen molar-refractivity contribution in [3.63, 3.8) is 0 Å². The van der Waals surface area contributed by atoms with Gasteiger partial charge in [-0.05, 0) is 6.42 Å². The maximum Gasteiger partial charge on any atom is 0.276 e. The van der Waals surface area contributed by atoms with Crippen molar-refractivity contribution < 1.29 is 4.92 Å². The first-order valence-electron chi connectivity index (χ1n) is 5.00. The molecule has 1 unspecified atom stereocenters. The van der Waals surface area contributed by atoms with Gasteiger partial charge in [0.25, 0.3) is 5.69 Å². The molecule has 0 amide bonds. The van der Waals surface area contributed by atoms with Gasteiger partial charge in [-0.1, -0.05) is 38.1 Å². The van der Waals surface area contributed by atoms with E-state index in [-0.39, 0.29) is 16.5 Å². The lowest BCUT2D eigenvalue weighted by molar-refractivity contribution is -0.386. The van der Waals surface area contributed by atoms with Crippen molar-refractivity contribution in [2.75, 3.05) is 0 Å². The van der Waals surface area contributed by atoms with Gasteiger partial charge in [0.2, 0.25) is 0 Å². The number of rotatable bonds is 4. The Morgan fingerprint density at radius 1 is 1.60 bits per heavy atom. The molecular weight excluding hydrogens is 190 g/mol. The number of benzene rings is 1. The summed E-state index contributed by atoms with van der Waals surface area (Å²) in [7, 11) is 0. The number of nitrogens with zero attached hydrogens (tertiary/aromatic N) is 1. The van der Waals surface area contributed by atoms with Crippen molar-refractivity contribution in [3.8, 4) is 0 Å². The van der Waals surface area contributed by atoms with Crippen LogP contribution in [-0.4, -0.2) is 4.92 Å². The van der Waals surface area contributed by atoms with Gasteiger partial charge < -0.3 is 0 Å². The van der Waals surface area contributed by atoms with E-state index in [9.17, 15) is 10.1 Å². The van der Waals surface area contributed by atoms with Crippen molar-refractivity contribution in [3.05, 3.63) is 52.1 Å². The molecule has 0 saturated carbocycles. The van der Waals surface area contributed by atoms with Crippen LogP contribution in [0.15, 0.2) is 30.9 Å². The highest BCUT2D eigenvalue weighted by Gasteiger charge is 2.20. The zero-order chi connectivity index (χ0) is 11.4. The Hall–Kier alpha value is -1.64. The number of hydrogen-bond donors (Lipinski definition) is 0. The Morgan fingerprint density at radius 2 is 2.27 bits per heavy atom. The van der Waals surface area contributed by atoms with E-state index in [0.29, 0.717) is 6.42 Å². The molecule has 0 aliphatic carbocycles. The van der Waals surface area contributed by atoms with E-state index in [1.165, 1.54) is 0 Å². The van der Waals surface area contributed by atoms with Crippen molar-refractivity contribution in [2.45, 2.75) is 26.2 Å². The minimum Gasteiger partial charge on any atom is -0.258 e. The fraction of sp³-hybridized carbons (Fsp3) is 0.333. The molecule has 0 fully saturated rings. The van der Waals surface area contributed by atoms with Crippen LogP contribution in [0.4, 0.5) is 5.69 Å². The topological polar surface area (TPSA) is 43.1 Å². The molecule has 0 saturated heterocycles. The minimum atomic E-state index is -0.297. The summed E-state index contributed by atoms with van der Waals surface area (Å²) in [4.78, 5) is 10.7. The summed E-state index contributed by atoms with van der Waals surface area (Å²) in [5, 5.41) is 11.0. The summed E-state index contributed by atoms with van der Waals surface area (Å²) >= 11 is 0. The van der Waals surface area contributed by atoms with E-state index in [1.54, 1.807) is 18.2 Å². The van der Waals surface area contributed by atoms with Gasteiger partial charge in [0.15, 0.2) is 0 Å². The van der Waals surface area contributed by atoms with E-state index < -0.39 is 0 Å². The molecule has 3 nitrogen and oxygen atoms in total. The number of nitro benzene ring substituents is 1. The lowest BCUT2D eigenvalue weighted by Gasteiger charge is -2.09. The standard InChI is InChI=1S/C12H15NO2/c1-4-9(3)11-8-6-7-10(5-2)12(11)13(14)15/h4,6-9H,1,5H2,2-3H3. The van der Waals surface area contributed by atoms with Gasteiger partial charge in [0.1, 0.15) is 0 Å². The predicted octanol–water partition coefficient (Wildman–Crippen LogP) is 3.45. The Labute approximate surface area is 89.6 Å². The molecule has 1 atom stereocenters. The third kappa shape index (κ3) is 2.24. The van der Waals surface area contributed by atoms with Crippen LogP contribution in [0.25, 0.3) is 0 Å². The van der Waals surface area contributed by atoms with E-state index in [1.807, 2.05) is 19.9 Å². The molecule has 0 bridgehead atoms. The Bertz CT molecular complexity index is 385. The van der Waals surface area contributed by atoms with Crippen molar-refractivity contribution in [1.82, 2.24) is 0 Å². The number of para-hydroxylation sites is 1. The molecule has 80 valence electrons. The monoisotopic (exact) mass is 205 g/mol. The van der Waals surface area contributed by atoms with E-state index in [4.69, 9.17) is 0 Å². The van der Waals surface area contributed by atoms with Gasteiger partial charge in [-0.2, -0.15) is 0 Å². The van der Waals surface area contributed by atoms with Gasteiger partial charge in [-0.3, -0.25) is 10.1 Å². The molecule has 1 aromatic carbocycles. The summed E-state index contributed by atoms with van der Waals surface area (Å²) in [6, 6.07) is 5.46. The molecule has 0 aromatic heterocycles. The Morgan fingerprint density at radius 3 is 2.73 bits per heavy atom. The van der Waals surface area contributed by atoms with Gasteiger partial charge in [-0.25, -0.2) is 0 Å². The Balaban J connectivity index is 3.37. The lowest BCUT2D eigenvalue weighted by atomic mass is 9.96. The largest absolute Gasteiger partial charge is 0.276 e. The molecule has 1 aromatic rings. The van der Waals surface area contributed by atoms with Gasteiger partial charge >= 0.3 is 0 Å². The van der Waals surface area contributed by atoms with E-state index >= 15 is 0 Å². The maximum absolute atomic E-state index is 11.0. The average molecular weight is 205 g/mol. The highest BCUT2D eigenvalue weighted by Crippen LogP contribution is 2.30. The van der Waals surface area contributed by atoms with Crippen LogP contribution in [-0.2, 0) is 6.42 Å². The van der Waals surface area contributed by atoms with Gasteiger partial charge in [0, 0.05) is 17.0 Å². The molecule has 15 heavy (non-hydrogen) atoms. The minimum absolute atomic E-state index is 0.0110. The molecule has 0 heterocycles. The highest BCUT2D eigenvalue weighted by molar-refractivity contribution is 5.50. The first kappa shape index (κ1) is 11.4. The first-order valence-corrected chi connectivity index (χ1v) is 5.00. The number of allylic oxidation sites excluding steroid dienone is 1. The van der Waals surface area contributed by atoms with Crippen LogP contribution < -0.4 is 0 Å². The molecule has 0 radical (unpaired) electrons.